The van der Waals surface area contributed by atoms with Crippen molar-refractivity contribution in [2.75, 3.05) is 26.7 Å². The average Bonchev–Trinajstić information content (AvgIpc) is 1.99. The molecule has 10 heavy (non-hydrogen) atoms. The number of amides is 1. The SMILES string of the molecule is CCN(S)CCN(C)C=O. The summed E-state index contributed by atoms with van der Waals surface area (Å²) in [5, 5.41) is 0. The number of likely N-dealkylation sites (N-methyl/N-ethyl adjacent to an activating group) is 2. The van der Waals surface area contributed by atoms with Crippen LogP contribution < -0.4 is 0 Å². The summed E-state index contributed by atoms with van der Waals surface area (Å²) in [6, 6.07) is 0. The summed E-state index contributed by atoms with van der Waals surface area (Å²) in [6.07, 6.45) is 0.817. The van der Waals surface area contributed by atoms with Crippen LogP contribution in [0.2, 0.25) is 0 Å². The zero-order chi connectivity index (χ0) is 7.98. The van der Waals surface area contributed by atoms with Crippen LogP contribution in [0, 0.1) is 0 Å². The van der Waals surface area contributed by atoms with Crippen LogP contribution in [0.5, 0.6) is 0 Å². The molecule has 0 aromatic rings. The smallest absolute Gasteiger partial charge is 0.209 e. The largest absolute Gasteiger partial charge is 0.347 e. The molecule has 0 aliphatic rings. The summed E-state index contributed by atoms with van der Waals surface area (Å²) in [4.78, 5) is 11.7. The number of thiol groups is 1. The molecule has 0 N–H and O–H groups in total. The third-order valence-electron chi connectivity index (χ3n) is 1.26. The highest BCUT2D eigenvalue weighted by molar-refractivity contribution is 7.77. The van der Waals surface area contributed by atoms with Crippen LogP contribution in [-0.2, 0) is 4.79 Å². The molecule has 0 aromatic heterocycles. The summed E-state index contributed by atoms with van der Waals surface area (Å²) >= 11 is 4.13. The van der Waals surface area contributed by atoms with Crippen molar-refractivity contribution in [3.05, 3.63) is 0 Å². The second-order valence-electron chi connectivity index (χ2n) is 2.13. The first-order chi connectivity index (χ1) is 4.70. The van der Waals surface area contributed by atoms with E-state index in [1.807, 2.05) is 11.2 Å². The van der Waals surface area contributed by atoms with Crippen molar-refractivity contribution in [3.8, 4) is 0 Å². The monoisotopic (exact) mass is 162 g/mol. The van der Waals surface area contributed by atoms with Crippen LogP contribution in [0.4, 0.5) is 0 Å². The molecule has 0 saturated carbocycles. The molecule has 3 nitrogen and oxygen atoms in total. The van der Waals surface area contributed by atoms with Gasteiger partial charge in [-0.3, -0.25) is 9.10 Å². The highest BCUT2D eigenvalue weighted by Gasteiger charge is 1.96. The Balaban J connectivity index is 3.25. The number of carbonyl (C=O) groups excluding carboxylic acids is 1. The first kappa shape index (κ1) is 9.78. The minimum atomic E-state index is 0.737. The molecule has 0 saturated heterocycles. The minimum absolute atomic E-state index is 0.737. The van der Waals surface area contributed by atoms with E-state index in [1.54, 1.807) is 11.9 Å². The van der Waals surface area contributed by atoms with Gasteiger partial charge in [0.05, 0.1) is 0 Å². The Morgan fingerprint density at radius 1 is 1.50 bits per heavy atom. The Morgan fingerprint density at radius 3 is 2.50 bits per heavy atom. The normalized spacial score (nSPS) is 10.0. The first-order valence-corrected chi connectivity index (χ1v) is 3.70. The molecule has 0 aliphatic carbocycles. The lowest BCUT2D eigenvalue weighted by molar-refractivity contribution is -0.117. The molecule has 0 fully saturated rings. The predicted molar refractivity (Wildman–Crippen MR) is 44.9 cm³/mol. The molecule has 1 amide bonds. The van der Waals surface area contributed by atoms with Crippen LogP contribution in [0.25, 0.3) is 0 Å². The fraction of sp³-hybridized carbons (Fsp3) is 0.833. The van der Waals surface area contributed by atoms with Crippen molar-refractivity contribution in [2.45, 2.75) is 6.92 Å². The number of hydrogen-bond donors (Lipinski definition) is 1. The molecule has 0 bridgehead atoms. The van der Waals surface area contributed by atoms with E-state index < -0.39 is 0 Å². The topological polar surface area (TPSA) is 23.6 Å². The summed E-state index contributed by atoms with van der Waals surface area (Å²) in [7, 11) is 1.75. The fourth-order valence-electron chi connectivity index (χ4n) is 0.484. The molecule has 4 heteroatoms. The van der Waals surface area contributed by atoms with Gasteiger partial charge in [-0.25, -0.2) is 0 Å². The van der Waals surface area contributed by atoms with Crippen LogP contribution in [0.3, 0.4) is 0 Å². The number of hydrogen-bond acceptors (Lipinski definition) is 3. The van der Waals surface area contributed by atoms with Crippen LogP contribution in [-0.4, -0.2) is 42.3 Å². The summed E-state index contributed by atoms with van der Waals surface area (Å²) < 4.78 is 1.86. The first-order valence-electron chi connectivity index (χ1n) is 3.30. The Labute approximate surface area is 67.5 Å². The standard InChI is InChI=1S/C6H14N2OS/c1-3-8(10)5-4-7(2)6-9/h6,10H,3-5H2,1-2H3. The van der Waals surface area contributed by atoms with Crippen molar-refractivity contribution < 1.29 is 4.79 Å². The van der Waals surface area contributed by atoms with E-state index in [-0.39, 0.29) is 0 Å². The average molecular weight is 162 g/mol. The van der Waals surface area contributed by atoms with Gasteiger partial charge in [-0.2, -0.15) is 0 Å². The molecule has 0 radical (unpaired) electrons. The van der Waals surface area contributed by atoms with E-state index in [0.717, 1.165) is 26.0 Å². The Hall–Kier alpha value is -0.220. The highest BCUT2D eigenvalue weighted by Crippen LogP contribution is 1.90. The van der Waals surface area contributed by atoms with Gasteiger partial charge in [-0.05, 0) is 0 Å². The number of carbonyl (C=O) groups is 1. The van der Waals surface area contributed by atoms with Crippen molar-refractivity contribution >= 4 is 19.2 Å². The lowest BCUT2D eigenvalue weighted by atomic mass is 10.5. The molecule has 0 atom stereocenters. The Bertz CT molecular complexity index is 99.7. The van der Waals surface area contributed by atoms with E-state index in [9.17, 15) is 4.79 Å². The fourth-order valence-corrected chi connectivity index (χ4v) is 0.573. The Kier molecular flexibility index (Phi) is 5.43. The van der Waals surface area contributed by atoms with Gasteiger partial charge in [0, 0.05) is 26.7 Å². The van der Waals surface area contributed by atoms with E-state index in [0.29, 0.717) is 0 Å². The molecule has 0 unspecified atom stereocenters. The van der Waals surface area contributed by atoms with Gasteiger partial charge in [0.2, 0.25) is 6.41 Å². The zero-order valence-corrected chi connectivity index (χ0v) is 7.34. The molecule has 0 spiro atoms. The zero-order valence-electron chi connectivity index (χ0n) is 6.45. The van der Waals surface area contributed by atoms with Gasteiger partial charge >= 0.3 is 0 Å². The maximum Gasteiger partial charge on any atom is 0.209 e. The van der Waals surface area contributed by atoms with E-state index in [2.05, 4.69) is 12.8 Å². The minimum Gasteiger partial charge on any atom is -0.347 e. The molecule has 0 aliphatic heterocycles. The molecule has 0 heterocycles. The third kappa shape index (κ3) is 4.64. The molecule has 0 aromatic carbocycles. The summed E-state index contributed by atoms with van der Waals surface area (Å²) in [5.74, 6) is 0. The van der Waals surface area contributed by atoms with Gasteiger partial charge in [0.15, 0.2) is 0 Å². The molecule has 60 valence electrons. The van der Waals surface area contributed by atoms with Crippen LogP contribution in [0.15, 0.2) is 0 Å². The van der Waals surface area contributed by atoms with Gasteiger partial charge in [-0.1, -0.05) is 19.7 Å². The van der Waals surface area contributed by atoms with E-state index in [4.69, 9.17) is 0 Å². The second kappa shape index (κ2) is 5.56. The lowest BCUT2D eigenvalue weighted by Gasteiger charge is -2.15. The van der Waals surface area contributed by atoms with Gasteiger partial charge in [0.1, 0.15) is 0 Å². The maximum absolute atomic E-state index is 10.1. The van der Waals surface area contributed by atoms with Crippen molar-refractivity contribution in [1.29, 1.82) is 0 Å². The summed E-state index contributed by atoms with van der Waals surface area (Å²) in [6.45, 7) is 4.47. The molecular weight excluding hydrogens is 148 g/mol. The predicted octanol–water partition coefficient (Wildman–Crippen LogP) is 0.241. The molecular formula is C6H14N2OS. The van der Waals surface area contributed by atoms with Crippen LogP contribution >= 0.6 is 12.8 Å². The van der Waals surface area contributed by atoms with Gasteiger partial charge in [-0.15, -0.1) is 0 Å². The third-order valence-corrected chi connectivity index (χ3v) is 1.74. The van der Waals surface area contributed by atoms with Crippen LogP contribution in [0.1, 0.15) is 6.92 Å². The molecule has 0 rings (SSSR count). The number of nitrogens with zero attached hydrogens (tertiary/aromatic N) is 2. The van der Waals surface area contributed by atoms with E-state index >= 15 is 0 Å². The van der Waals surface area contributed by atoms with E-state index in [1.165, 1.54) is 0 Å². The van der Waals surface area contributed by atoms with Crippen molar-refractivity contribution in [3.63, 3.8) is 0 Å². The second-order valence-corrected chi connectivity index (χ2v) is 2.70. The summed E-state index contributed by atoms with van der Waals surface area (Å²) in [5.41, 5.74) is 0. The maximum atomic E-state index is 10.1. The van der Waals surface area contributed by atoms with Gasteiger partial charge < -0.3 is 4.90 Å². The lowest BCUT2D eigenvalue weighted by Crippen LogP contribution is -2.27. The quantitative estimate of drug-likeness (QED) is 0.462. The Morgan fingerprint density at radius 2 is 2.10 bits per heavy atom. The van der Waals surface area contributed by atoms with Gasteiger partial charge in [0.25, 0.3) is 0 Å². The highest BCUT2D eigenvalue weighted by atomic mass is 32.1. The van der Waals surface area contributed by atoms with Crippen molar-refractivity contribution in [1.82, 2.24) is 9.21 Å². The number of rotatable bonds is 5. The van der Waals surface area contributed by atoms with Crippen molar-refractivity contribution in [2.24, 2.45) is 0 Å².